The number of carbonyl (C=O) groups excluding carboxylic acids is 1. The number of aromatic nitrogens is 4. The maximum Gasteiger partial charge on any atom is 0.180 e. The van der Waals surface area contributed by atoms with E-state index in [1.54, 1.807) is 47.9 Å². The van der Waals surface area contributed by atoms with Crippen molar-refractivity contribution < 1.29 is 13.9 Å². The Bertz CT molecular complexity index is 1310. The lowest BCUT2D eigenvalue weighted by molar-refractivity contribution is -0.111. The zero-order valence-corrected chi connectivity index (χ0v) is 16.1. The van der Waals surface area contributed by atoms with Gasteiger partial charge >= 0.3 is 0 Å². The summed E-state index contributed by atoms with van der Waals surface area (Å²) in [7, 11) is 1.51. The number of methoxy groups -OCH3 is 1. The Morgan fingerprint density at radius 2 is 1.93 bits per heavy atom. The zero-order chi connectivity index (χ0) is 20.7. The summed E-state index contributed by atoms with van der Waals surface area (Å²) in [6.07, 6.45) is 1.54. The molecular formula is C21H18FN5O2. The van der Waals surface area contributed by atoms with Crippen molar-refractivity contribution in [2.24, 2.45) is 5.73 Å². The molecule has 8 heteroatoms. The molecule has 0 spiro atoms. The van der Waals surface area contributed by atoms with Gasteiger partial charge in [0.15, 0.2) is 17.3 Å². The standard InChI is InChI=1S/C21H18FN5O2/c1-11(23)20(12(2)28)14-8-16-17(9-18(14)29-3)27-19(10-24-16)25-26-21(27)13-6-4-5-7-15(13)22/h4-10H,23H2,1-3H3. The third kappa shape index (κ3) is 2.98. The molecule has 2 aromatic carbocycles. The molecule has 0 saturated carbocycles. The van der Waals surface area contributed by atoms with Gasteiger partial charge in [-0.25, -0.2) is 4.39 Å². The molecule has 0 amide bonds. The van der Waals surface area contributed by atoms with Crippen molar-refractivity contribution in [2.45, 2.75) is 13.8 Å². The minimum atomic E-state index is -0.407. The fourth-order valence-corrected chi connectivity index (χ4v) is 3.45. The molecule has 4 rings (SSSR count). The molecule has 29 heavy (non-hydrogen) atoms. The van der Waals surface area contributed by atoms with Crippen LogP contribution in [0.5, 0.6) is 5.75 Å². The van der Waals surface area contributed by atoms with Crippen molar-refractivity contribution in [1.82, 2.24) is 19.6 Å². The Kier molecular flexibility index (Phi) is 4.46. The van der Waals surface area contributed by atoms with E-state index in [1.165, 1.54) is 20.1 Å². The molecule has 0 aliphatic heterocycles. The van der Waals surface area contributed by atoms with Gasteiger partial charge in [0.25, 0.3) is 0 Å². The van der Waals surface area contributed by atoms with E-state index >= 15 is 0 Å². The summed E-state index contributed by atoms with van der Waals surface area (Å²) in [6.45, 7) is 3.11. The Morgan fingerprint density at radius 1 is 1.17 bits per heavy atom. The Balaban J connectivity index is 2.08. The van der Waals surface area contributed by atoms with Crippen molar-refractivity contribution in [3.05, 3.63) is 59.7 Å². The van der Waals surface area contributed by atoms with Crippen LogP contribution in [0, 0.1) is 5.82 Å². The summed E-state index contributed by atoms with van der Waals surface area (Å²) in [4.78, 5) is 16.6. The third-order valence-corrected chi connectivity index (χ3v) is 4.68. The van der Waals surface area contributed by atoms with Crippen LogP contribution in [0.1, 0.15) is 19.4 Å². The molecule has 0 bridgehead atoms. The molecule has 2 aromatic heterocycles. The van der Waals surface area contributed by atoms with Crippen molar-refractivity contribution in [3.8, 4) is 17.1 Å². The van der Waals surface area contributed by atoms with Crippen LogP contribution in [0.25, 0.3) is 33.6 Å². The van der Waals surface area contributed by atoms with Crippen LogP contribution in [-0.2, 0) is 4.79 Å². The summed E-state index contributed by atoms with van der Waals surface area (Å²) in [5, 5.41) is 8.27. The first-order valence-electron chi connectivity index (χ1n) is 8.86. The van der Waals surface area contributed by atoms with Gasteiger partial charge in [0.2, 0.25) is 0 Å². The van der Waals surface area contributed by atoms with E-state index < -0.39 is 5.82 Å². The fourth-order valence-electron chi connectivity index (χ4n) is 3.45. The smallest absolute Gasteiger partial charge is 0.180 e. The number of allylic oxidation sites excluding steroid dienone is 2. The lowest BCUT2D eigenvalue weighted by Gasteiger charge is -2.14. The van der Waals surface area contributed by atoms with Crippen molar-refractivity contribution in [3.63, 3.8) is 0 Å². The number of hydrogen-bond donors (Lipinski definition) is 1. The van der Waals surface area contributed by atoms with Gasteiger partial charge in [-0.15, -0.1) is 10.2 Å². The highest BCUT2D eigenvalue weighted by atomic mass is 19.1. The molecule has 0 fully saturated rings. The van der Waals surface area contributed by atoms with Crippen LogP contribution in [0.3, 0.4) is 0 Å². The summed E-state index contributed by atoms with van der Waals surface area (Å²) >= 11 is 0. The predicted molar refractivity (Wildman–Crippen MR) is 108 cm³/mol. The quantitative estimate of drug-likeness (QED) is 0.536. The normalized spacial score (nSPS) is 12.3. The number of carbonyl (C=O) groups is 1. The highest BCUT2D eigenvalue weighted by Gasteiger charge is 2.20. The SMILES string of the molecule is COc1cc2c(cc1C(C(C)=O)=C(C)N)ncc1nnc(-c3ccccc3F)n12. The van der Waals surface area contributed by atoms with Crippen LogP contribution in [0.4, 0.5) is 4.39 Å². The minimum Gasteiger partial charge on any atom is -0.496 e. The molecule has 0 unspecified atom stereocenters. The number of benzene rings is 2. The maximum absolute atomic E-state index is 14.4. The first-order valence-corrected chi connectivity index (χ1v) is 8.86. The molecule has 2 heterocycles. The Hall–Kier alpha value is -3.81. The second-order valence-corrected chi connectivity index (χ2v) is 6.61. The first kappa shape index (κ1) is 18.5. The largest absolute Gasteiger partial charge is 0.496 e. The lowest BCUT2D eigenvalue weighted by atomic mass is 9.98. The summed E-state index contributed by atoms with van der Waals surface area (Å²) in [5.41, 5.74) is 9.19. The van der Waals surface area contributed by atoms with Gasteiger partial charge in [0.05, 0.1) is 29.9 Å². The highest BCUT2D eigenvalue weighted by Crippen LogP contribution is 2.33. The van der Waals surface area contributed by atoms with Crippen LogP contribution >= 0.6 is 0 Å². The van der Waals surface area contributed by atoms with E-state index in [9.17, 15) is 9.18 Å². The molecular weight excluding hydrogens is 373 g/mol. The number of ketones is 1. The molecule has 7 nitrogen and oxygen atoms in total. The molecule has 0 saturated heterocycles. The number of fused-ring (bicyclic) bond motifs is 3. The second-order valence-electron chi connectivity index (χ2n) is 6.61. The van der Waals surface area contributed by atoms with Crippen LogP contribution < -0.4 is 10.5 Å². The van der Waals surface area contributed by atoms with Gasteiger partial charge in [0, 0.05) is 22.9 Å². The van der Waals surface area contributed by atoms with E-state index in [0.29, 0.717) is 50.7 Å². The van der Waals surface area contributed by atoms with E-state index in [1.807, 2.05) is 0 Å². The average molecular weight is 391 g/mol. The van der Waals surface area contributed by atoms with Crippen molar-refractivity contribution >= 4 is 28.0 Å². The first-order chi connectivity index (χ1) is 13.9. The molecule has 0 radical (unpaired) electrons. The number of nitrogens with zero attached hydrogens (tertiary/aromatic N) is 4. The van der Waals surface area contributed by atoms with Crippen LogP contribution in [0.2, 0.25) is 0 Å². The number of halogens is 1. The summed E-state index contributed by atoms with van der Waals surface area (Å²) < 4.78 is 21.6. The maximum atomic E-state index is 14.4. The van der Waals surface area contributed by atoms with E-state index in [-0.39, 0.29) is 5.78 Å². The summed E-state index contributed by atoms with van der Waals surface area (Å²) in [5.74, 6) is 0.198. The Labute approximate surface area is 165 Å². The van der Waals surface area contributed by atoms with E-state index in [0.717, 1.165) is 0 Å². The lowest BCUT2D eigenvalue weighted by Crippen LogP contribution is -2.07. The number of rotatable bonds is 4. The van der Waals surface area contributed by atoms with Gasteiger partial charge in [0.1, 0.15) is 11.6 Å². The fraction of sp³-hybridized carbons (Fsp3) is 0.143. The number of ether oxygens (including phenoxy) is 1. The highest BCUT2D eigenvalue weighted by molar-refractivity contribution is 6.21. The number of nitrogens with two attached hydrogens (primary N) is 1. The van der Waals surface area contributed by atoms with E-state index in [2.05, 4.69) is 15.2 Å². The van der Waals surface area contributed by atoms with E-state index in [4.69, 9.17) is 10.5 Å². The van der Waals surface area contributed by atoms with Gasteiger partial charge in [-0.05, 0) is 32.0 Å². The molecule has 146 valence electrons. The number of hydrogen-bond acceptors (Lipinski definition) is 6. The third-order valence-electron chi connectivity index (χ3n) is 4.68. The summed E-state index contributed by atoms with van der Waals surface area (Å²) in [6, 6.07) is 9.80. The molecule has 2 N–H and O–H groups in total. The van der Waals surface area contributed by atoms with Crippen molar-refractivity contribution in [1.29, 1.82) is 0 Å². The second kappa shape index (κ2) is 6.97. The van der Waals surface area contributed by atoms with Gasteiger partial charge < -0.3 is 10.5 Å². The van der Waals surface area contributed by atoms with Crippen LogP contribution in [0.15, 0.2) is 48.3 Å². The molecule has 4 aromatic rings. The predicted octanol–water partition coefficient (Wildman–Crippen LogP) is 3.37. The van der Waals surface area contributed by atoms with Gasteiger partial charge in [-0.2, -0.15) is 0 Å². The molecule has 0 aliphatic carbocycles. The van der Waals surface area contributed by atoms with Gasteiger partial charge in [-0.3, -0.25) is 14.2 Å². The van der Waals surface area contributed by atoms with Crippen molar-refractivity contribution in [2.75, 3.05) is 7.11 Å². The zero-order valence-electron chi connectivity index (χ0n) is 16.1. The minimum absolute atomic E-state index is 0.180. The molecule has 0 aliphatic rings. The van der Waals surface area contributed by atoms with Gasteiger partial charge in [-0.1, -0.05) is 12.1 Å². The average Bonchev–Trinajstić information content (AvgIpc) is 3.11. The Morgan fingerprint density at radius 3 is 2.59 bits per heavy atom. The van der Waals surface area contributed by atoms with Crippen LogP contribution in [-0.4, -0.2) is 32.5 Å². The topological polar surface area (TPSA) is 95.4 Å². The number of Topliss-reactive ketones (excluding diaryl/α,β-unsaturated/α-hetero) is 1. The molecule has 0 atom stereocenters. The monoisotopic (exact) mass is 391 g/mol.